The number of piperazine rings is 1. The average molecular weight is 330 g/mol. The molecule has 1 saturated heterocycles. The molecular formula is C13H13F3N4O3. The van der Waals surface area contributed by atoms with Crippen molar-refractivity contribution in [3.05, 3.63) is 17.8 Å². The lowest BCUT2D eigenvalue weighted by molar-refractivity contribution is -0.137. The van der Waals surface area contributed by atoms with Crippen molar-refractivity contribution in [3.8, 4) is 0 Å². The molecule has 1 fully saturated rings. The number of hydrogen-bond acceptors (Lipinski definition) is 4. The second kappa shape index (κ2) is 5.00. The van der Waals surface area contributed by atoms with E-state index in [4.69, 9.17) is 5.11 Å². The Morgan fingerprint density at radius 2 is 2.09 bits per heavy atom. The zero-order chi connectivity index (χ0) is 16.9. The van der Waals surface area contributed by atoms with Crippen LogP contribution in [0.4, 0.5) is 29.5 Å². The number of rotatable bonds is 0. The molecule has 0 bridgehead atoms. The van der Waals surface area contributed by atoms with Crippen LogP contribution >= 0.6 is 0 Å². The summed E-state index contributed by atoms with van der Waals surface area (Å²) in [4.78, 5) is 31.1. The number of amides is 2. The first kappa shape index (κ1) is 15.4. The number of nitrogens with zero attached hydrogens (tertiary/aromatic N) is 4. The predicted molar refractivity (Wildman–Crippen MR) is 73.4 cm³/mol. The quantitative estimate of drug-likeness (QED) is 0.775. The number of carboxylic acid groups (broad SMARTS) is 1. The van der Waals surface area contributed by atoms with Gasteiger partial charge in [-0.1, -0.05) is 0 Å². The number of carbonyl (C=O) groups is 2. The van der Waals surface area contributed by atoms with Crippen LogP contribution in [-0.4, -0.2) is 59.7 Å². The fourth-order valence-electron chi connectivity index (χ4n) is 2.83. The molecule has 0 saturated carbocycles. The van der Waals surface area contributed by atoms with Gasteiger partial charge < -0.3 is 19.8 Å². The number of anilines is 2. The smallest absolute Gasteiger partial charge is 0.417 e. The number of likely N-dealkylation sites (N-methyl/N-ethyl adjacent to an activating group) is 1. The van der Waals surface area contributed by atoms with Crippen molar-refractivity contribution in [2.75, 3.05) is 36.5 Å². The second-order valence-corrected chi connectivity index (χ2v) is 5.40. The number of carbonyl (C=O) groups excluding carboxylic acids is 1. The van der Waals surface area contributed by atoms with Gasteiger partial charge in [-0.25, -0.2) is 9.78 Å². The molecule has 23 heavy (non-hydrogen) atoms. The van der Waals surface area contributed by atoms with Crippen LogP contribution in [0.2, 0.25) is 0 Å². The summed E-state index contributed by atoms with van der Waals surface area (Å²) in [7, 11) is 1.36. The Morgan fingerprint density at radius 3 is 2.70 bits per heavy atom. The van der Waals surface area contributed by atoms with Crippen molar-refractivity contribution in [1.29, 1.82) is 0 Å². The van der Waals surface area contributed by atoms with E-state index in [0.717, 1.165) is 22.1 Å². The van der Waals surface area contributed by atoms with E-state index in [-0.39, 0.29) is 31.1 Å². The number of fused-ring (bicyclic) bond motifs is 3. The Kier molecular flexibility index (Phi) is 3.34. The molecule has 0 aliphatic carbocycles. The fraction of sp³-hybridized carbons (Fsp3) is 0.462. The molecule has 2 aliphatic rings. The van der Waals surface area contributed by atoms with Crippen LogP contribution in [0.3, 0.4) is 0 Å². The molecular weight excluding hydrogens is 317 g/mol. The number of pyridine rings is 1. The highest BCUT2D eigenvalue weighted by Gasteiger charge is 2.43. The van der Waals surface area contributed by atoms with Gasteiger partial charge >= 0.3 is 12.3 Å². The van der Waals surface area contributed by atoms with Gasteiger partial charge in [0.05, 0.1) is 17.8 Å². The van der Waals surface area contributed by atoms with Crippen molar-refractivity contribution < 1.29 is 27.9 Å². The van der Waals surface area contributed by atoms with Gasteiger partial charge in [0.25, 0.3) is 5.91 Å². The van der Waals surface area contributed by atoms with Crippen LogP contribution < -0.4 is 9.80 Å². The summed E-state index contributed by atoms with van der Waals surface area (Å²) >= 11 is 0. The van der Waals surface area contributed by atoms with E-state index in [2.05, 4.69) is 4.98 Å². The van der Waals surface area contributed by atoms with Crippen molar-refractivity contribution >= 4 is 23.5 Å². The first-order valence-corrected chi connectivity index (χ1v) is 6.79. The maximum atomic E-state index is 12.8. The van der Waals surface area contributed by atoms with E-state index in [1.807, 2.05) is 0 Å². The van der Waals surface area contributed by atoms with Crippen molar-refractivity contribution in [2.24, 2.45) is 0 Å². The molecule has 3 rings (SSSR count). The standard InChI is InChI=1S/C13H13F3N4O3/c1-18-8-4-7(13(14,15)16)5-17-10(8)20-3-2-19(12(22)23)6-9(20)11(18)21/h4-5,9H,2-3,6H2,1H3,(H,22,23)/t9-/m0/s1. The number of halogens is 3. The van der Waals surface area contributed by atoms with E-state index < -0.39 is 29.8 Å². The Morgan fingerprint density at radius 1 is 1.39 bits per heavy atom. The van der Waals surface area contributed by atoms with Crippen molar-refractivity contribution in [2.45, 2.75) is 12.2 Å². The van der Waals surface area contributed by atoms with Crippen molar-refractivity contribution in [3.63, 3.8) is 0 Å². The van der Waals surface area contributed by atoms with Gasteiger partial charge in [0.1, 0.15) is 6.04 Å². The molecule has 10 heteroatoms. The summed E-state index contributed by atoms with van der Waals surface area (Å²) in [5.41, 5.74) is -0.858. The fourth-order valence-corrected chi connectivity index (χ4v) is 2.83. The van der Waals surface area contributed by atoms with Gasteiger partial charge in [-0.05, 0) is 6.07 Å². The molecule has 1 atom stereocenters. The van der Waals surface area contributed by atoms with Gasteiger partial charge in [-0.3, -0.25) is 4.79 Å². The zero-order valence-corrected chi connectivity index (χ0v) is 12.0. The summed E-state index contributed by atoms with van der Waals surface area (Å²) in [6.07, 6.45) is -4.96. The molecule has 0 aromatic carbocycles. The molecule has 1 aromatic heterocycles. The van der Waals surface area contributed by atoms with Crippen molar-refractivity contribution in [1.82, 2.24) is 9.88 Å². The minimum atomic E-state index is -4.55. The number of alkyl halides is 3. The third-order valence-corrected chi connectivity index (χ3v) is 4.07. The summed E-state index contributed by atoms with van der Waals surface area (Å²) in [6, 6.07) is 0.113. The summed E-state index contributed by atoms with van der Waals surface area (Å²) in [5, 5.41) is 9.04. The molecule has 1 N–H and O–H groups in total. The highest BCUT2D eigenvalue weighted by atomic mass is 19.4. The molecule has 0 radical (unpaired) electrons. The minimum absolute atomic E-state index is 0.0410. The maximum absolute atomic E-state index is 12.8. The third kappa shape index (κ3) is 2.43. The van der Waals surface area contributed by atoms with Crippen LogP contribution in [0.15, 0.2) is 12.3 Å². The normalized spacial score (nSPS) is 21.1. The Bertz CT molecular complexity index is 679. The summed E-state index contributed by atoms with van der Waals surface area (Å²) in [5.74, 6) is -0.195. The van der Waals surface area contributed by atoms with Gasteiger partial charge in [0.15, 0.2) is 5.82 Å². The second-order valence-electron chi connectivity index (χ2n) is 5.40. The Labute approximate surface area is 128 Å². The molecule has 0 spiro atoms. The molecule has 2 aliphatic heterocycles. The SMILES string of the molecule is CN1C(=O)[C@@H]2CN(C(=O)O)CCN2c2ncc(C(F)(F)F)cc21. The molecule has 2 amide bonds. The zero-order valence-electron chi connectivity index (χ0n) is 12.0. The summed E-state index contributed by atoms with van der Waals surface area (Å²) < 4.78 is 38.5. The highest BCUT2D eigenvalue weighted by Crippen LogP contribution is 2.39. The van der Waals surface area contributed by atoms with Gasteiger partial charge in [-0.15, -0.1) is 0 Å². The van der Waals surface area contributed by atoms with Gasteiger partial charge in [-0.2, -0.15) is 13.2 Å². The van der Waals surface area contributed by atoms with Crippen LogP contribution in [0.25, 0.3) is 0 Å². The van der Waals surface area contributed by atoms with Gasteiger partial charge in [0.2, 0.25) is 0 Å². The Balaban J connectivity index is 2.01. The predicted octanol–water partition coefficient (Wildman–Crippen LogP) is 1.25. The molecule has 1 aromatic rings. The molecule has 7 nitrogen and oxygen atoms in total. The third-order valence-electron chi connectivity index (χ3n) is 4.07. The first-order chi connectivity index (χ1) is 10.7. The van der Waals surface area contributed by atoms with E-state index in [1.54, 1.807) is 4.90 Å². The van der Waals surface area contributed by atoms with Gasteiger partial charge in [0, 0.05) is 26.3 Å². The largest absolute Gasteiger partial charge is 0.465 e. The molecule has 3 heterocycles. The lowest BCUT2D eigenvalue weighted by atomic mass is 10.1. The van der Waals surface area contributed by atoms with Crippen LogP contribution in [-0.2, 0) is 11.0 Å². The lowest BCUT2D eigenvalue weighted by Gasteiger charge is -2.45. The van der Waals surface area contributed by atoms with E-state index in [0.29, 0.717) is 0 Å². The van der Waals surface area contributed by atoms with E-state index in [1.165, 1.54) is 7.05 Å². The number of hydrogen-bond donors (Lipinski definition) is 1. The maximum Gasteiger partial charge on any atom is 0.417 e. The lowest BCUT2D eigenvalue weighted by Crippen LogP contribution is -2.63. The minimum Gasteiger partial charge on any atom is -0.465 e. The first-order valence-electron chi connectivity index (χ1n) is 6.79. The molecule has 0 unspecified atom stereocenters. The van der Waals surface area contributed by atoms with E-state index in [9.17, 15) is 22.8 Å². The monoisotopic (exact) mass is 330 g/mol. The molecule has 124 valence electrons. The van der Waals surface area contributed by atoms with Crippen LogP contribution in [0, 0.1) is 0 Å². The topological polar surface area (TPSA) is 77.0 Å². The Hall–Kier alpha value is -2.52. The highest BCUT2D eigenvalue weighted by molar-refractivity contribution is 6.05. The summed E-state index contributed by atoms with van der Waals surface area (Å²) in [6.45, 7) is 0.313. The van der Waals surface area contributed by atoms with Crippen LogP contribution in [0.5, 0.6) is 0 Å². The van der Waals surface area contributed by atoms with Crippen LogP contribution in [0.1, 0.15) is 5.56 Å². The van der Waals surface area contributed by atoms with E-state index >= 15 is 0 Å². The number of aromatic nitrogens is 1. The average Bonchev–Trinajstić information content (AvgIpc) is 2.50.